The molecule has 4 nitrogen and oxygen atoms in total. The van der Waals surface area contributed by atoms with E-state index in [9.17, 15) is 15.0 Å². The molecule has 1 unspecified atom stereocenters. The normalized spacial score (nSPS) is 36.2. The van der Waals surface area contributed by atoms with Crippen LogP contribution in [-0.4, -0.2) is 39.9 Å². The zero-order chi connectivity index (χ0) is 11.9. The molecule has 0 aromatic rings. The fourth-order valence-electron chi connectivity index (χ4n) is 2.38. The number of nitrogens with zero attached hydrogens (tertiary/aromatic N) is 1. The quantitative estimate of drug-likeness (QED) is 0.442. The molecule has 1 N–H and O–H groups in total. The summed E-state index contributed by atoms with van der Waals surface area (Å²) in [6, 6.07) is -0.509. The van der Waals surface area contributed by atoms with Gasteiger partial charge in [0.2, 0.25) is 0 Å². The van der Waals surface area contributed by atoms with Crippen molar-refractivity contribution in [3.63, 3.8) is 0 Å². The number of aliphatic hydroxyl groups excluding tert-OH is 1. The second kappa shape index (κ2) is 3.51. The first-order valence-corrected chi connectivity index (χ1v) is 4.99. The lowest BCUT2D eigenvalue weighted by molar-refractivity contribution is -0.924. The van der Waals surface area contributed by atoms with Crippen LogP contribution < -0.4 is 5.11 Å². The van der Waals surface area contributed by atoms with Crippen molar-refractivity contribution in [1.29, 1.82) is 0 Å². The number of hydrogen-bond acceptors (Lipinski definition) is 3. The summed E-state index contributed by atoms with van der Waals surface area (Å²) in [6.45, 7) is 5.52. The number of carboxylic acid groups (broad SMARTS) is 1. The van der Waals surface area contributed by atoms with Gasteiger partial charge in [0.25, 0.3) is 6.09 Å². The zero-order valence-electron chi connectivity index (χ0n) is 9.36. The molecule has 0 radical (unpaired) electrons. The lowest BCUT2D eigenvalue weighted by Crippen LogP contribution is -2.69. The first kappa shape index (κ1) is 12.0. The summed E-state index contributed by atoms with van der Waals surface area (Å²) >= 11 is 0. The van der Waals surface area contributed by atoms with Gasteiger partial charge in [-0.2, -0.15) is 0 Å². The average Bonchev–Trinajstić information content (AvgIpc) is 2.42. The predicted molar refractivity (Wildman–Crippen MR) is 53.5 cm³/mol. The largest absolute Gasteiger partial charge is 0.498 e. The lowest BCUT2D eigenvalue weighted by atomic mass is 10.00. The van der Waals surface area contributed by atoms with E-state index in [0.29, 0.717) is 6.42 Å². The third-order valence-electron chi connectivity index (χ3n) is 3.24. The maximum absolute atomic E-state index is 11.3. The number of aliphatic hydroxyl groups is 1. The highest BCUT2D eigenvalue weighted by atomic mass is 16.4. The van der Waals surface area contributed by atoms with Gasteiger partial charge < -0.3 is 15.0 Å². The number of terminal acetylenes is 1. The van der Waals surface area contributed by atoms with Crippen LogP contribution in [0, 0.1) is 12.3 Å². The van der Waals surface area contributed by atoms with Gasteiger partial charge in [-0.15, -0.1) is 6.42 Å². The molecule has 0 aromatic heterocycles. The minimum Gasteiger partial charge on any atom is -0.498 e. The number of carbonyl (C=O) groups excluding carboxylic acids is 1. The Hall–Kier alpha value is -1.05. The molecular weight excluding hydrogens is 194 g/mol. The molecule has 4 heteroatoms. The molecule has 1 heterocycles. The summed E-state index contributed by atoms with van der Waals surface area (Å²) in [5.41, 5.74) is -0.576. The van der Waals surface area contributed by atoms with Gasteiger partial charge in [0.05, 0.1) is 5.54 Å². The number of hydrogen-bond donors (Lipinski definition) is 1. The topological polar surface area (TPSA) is 60.4 Å². The van der Waals surface area contributed by atoms with Gasteiger partial charge in [0, 0.05) is 6.42 Å². The summed E-state index contributed by atoms with van der Waals surface area (Å²) in [4.78, 5) is 11.3. The van der Waals surface area contributed by atoms with Gasteiger partial charge >= 0.3 is 0 Å². The Labute approximate surface area is 90.1 Å². The summed E-state index contributed by atoms with van der Waals surface area (Å²) in [7, 11) is 0. The minimum atomic E-state index is -1.21. The van der Waals surface area contributed by atoms with Crippen molar-refractivity contribution >= 4 is 6.09 Å². The van der Waals surface area contributed by atoms with Crippen LogP contribution in [-0.2, 0) is 0 Å². The first-order chi connectivity index (χ1) is 6.75. The Morgan fingerprint density at radius 3 is 2.40 bits per heavy atom. The van der Waals surface area contributed by atoms with Gasteiger partial charge in [-0.05, 0) is 26.7 Å². The Kier molecular flexibility index (Phi) is 2.81. The van der Waals surface area contributed by atoms with Gasteiger partial charge in [-0.3, -0.25) is 4.48 Å². The minimum absolute atomic E-state index is 0.126. The van der Waals surface area contributed by atoms with E-state index in [1.807, 2.05) is 0 Å². The van der Waals surface area contributed by atoms with Crippen molar-refractivity contribution in [2.45, 2.75) is 44.9 Å². The van der Waals surface area contributed by atoms with E-state index in [-0.39, 0.29) is 11.0 Å². The first-order valence-electron chi connectivity index (χ1n) is 4.99. The van der Waals surface area contributed by atoms with Crippen molar-refractivity contribution in [3.8, 4) is 12.3 Å². The van der Waals surface area contributed by atoms with Crippen LogP contribution in [0.5, 0.6) is 0 Å². The van der Waals surface area contributed by atoms with Crippen molar-refractivity contribution in [2.75, 3.05) is 6.54 Å². The molecule has 1 amide bonds. The van der Waals surface area contributed by atoms with Gasteiger partial charge in [0.1, 0.15) is 12.6 Å². The van der Waals surface area contributed by atoms with Gasteiger partial charge in [-0.1, -0.05) is 0 Å². The number of rotatable bonds is 0. The lowest BCUT2D eigenvalue weighted by Gasteiger charge is -2.47. The molecule has 1 saturated heterocycles. The Bertz CT molecular complexity index is 313. The summed E-state index contributed by atoms with van der Waals surface area (Å²) in [5, 5.41) is 20.9. The van der Waals surface area contributed by atoms with Crippen LogP contribution >= 0.6 is 0 Å². The fraction of sp³-hybridized carbons (Fsp3) is 0.727. The van der Waals surface area contributed by atoms with Crippen LogP contribution in [0.3, 0.4) is 0 Å². The summed E-state index contributed by atoms with van der Waals surface area (Å²) in [6.07, 6.45) is 3.79. The molecule has 1 fully saturated rings. The fourth-order valence-corrected chi connectivity index (χ4v) is 2.38. The second-order valence-electron chi connectivity index (χ2n) is 5.06. The van der Waals surface area contributed by atoms with E-state index in [2.05, 4.69) is 5.92 Å². The highest BCUT2D eigenvalue weighted by Gasteiger charge is 2.54. The molecule has 15 heavy (non-hydrogen) atoms. The molecule has 0 aliphatic carbocycles. The number of amides is 1. The second-order valence-corrected chi connectivity index (χ2v) is 5.06. The van der Waals surface area contributed by atoms with Crippen LogP contribution in [0.15, 0.2) is 0 Å². The smallest absolute Gasteiger partial charge is 0.258 e. The van der Waals surface area contributed by atoms with Crippen LogP contribution in [0.25, 0.3) is 0 Å². The number of likely N-dealkylation sites (tertiary alicyclic amines) is 1. The third-order valence-corrected chi connectivity index (χ3v) is 3.24. The van der Waals surface area contributed by atoms with E-state index in [1.165, 1.54) is 0 Å². The standard InChI is InChI=1S/C11H17NO3/c1-5-8-6-9(13)7-12(8,10(14)15)11(2,3)4/h1,8-9,13H,6-7H2,2-4H3/t8-,9-,12?/m0/s1. The number of carbonyl (C=O) groups is 1. The summed E-state index contributed by atoms with van der Waals surface area (Å²) < 4.78 is -0.356. The molecule has 0 spiro atoms. The molecule has 1 aliphatic heterocycles. The third kappa shape index (κ3) is 1.62. The highest BCUT2D eigenvalue weighted by molar-refractivity contribution is 5.56. The Morgan fingerprint density at radius 1 is 1.60 bits per heavy atom. The molecule has 84 valence electrons. The van der Waals surface area contributed by atoms with E-state index < -0.39 is 23.8 Å². The SMILES string of the molecule is C#C[C@H]1C[C@H](O)C[N+]1(C(=O)[O-])C(C)(C)C. The van der Waals surface area contributed by atoms with E-state index in [4.69, 9.17) is 6.42 Å². The van der Waals surface area contributed by atoms with E-state index in [0.717, 1.165) is 0 Å². The average molecular weight is 211 g/mol. The summed E-state index contributed by atoms with van der Waals surface area (Å²) in [5.74, 6) is 2.46. The van der Waals surface area contributed by atoms with E-state index >= 15 is 0 Å². The predicted octanol–water partition coefficient (Wildman–Crippen LogP) is -0.289. The molecule has 0 aromatic carbocycles. The highest BCUT2D eigenvalue weighted by Crippen LogP contribution is 2.36. The maximum Gasteiger partial charge on any atom is 0.258 e. The van der Waals surface area contributed by atoms with Crippen molar-refractivity contribution in [2.24, 2.45) is 0 Å². The van der Waals surface area contributed by atoms with Gasteiger partial charge in [-0.25, -0.2) is 0 Å². The molecule has 3 atom stereocenters. The zero-order valence-corrected chi connectivity index (χ0v) is 9.36. The Balaban J connectivity index is 3.24. The maximum atomic E-state index is 11.3. The van der Waals surface area contributed by atoms with Crippen LogP contribution in [0.2, 0.25) is 0 Å². The van der Waals surface area contributed by atoms with Crippen LogP contribution in [0.4, 0.5) is 4.79 Å². The van der Waals surface area contributed by atoms with Crippen LogP contribution in [0.1, 0.15) is 27.2 Å². The molecule has 0 saturated carbocycles. The molecule has 1 rings (SSSR count). The molecule has 0 bridgehead atoms. The number of quaternary nitrogens is 1. The Morgan fingerprint density at radius 2 is 2.13 bits per heavy atom. The monoisotopic (exact) mass is 211 g/mol. The molecule has 1 aliphatic rings. The van der Waals surface area contributed by atoms with E-state index in [1.54, 1.807) is 20.8 Å². The molecular formula is C11H17NO3. The van der Waals surface area contributed by atoms with Crippen molar-refractivity contribution in [1.82, 2.24) is 0 Å². The van der Waals surface area contributed by atoms with Crippen molar-refractivity contribution in [3.05, 3.63) is 0 Å². The van der Waals surface area contributed by atoms with Crippen molar-refractivity contribution < 1.29 is 19.5 Å². The van der Waals surface area contributed by atoms with Gasteiger partial charge in [0.15, 0.2) is 6.04 Å².